The second kappa shape index (κ2) is 16.4. The minimum Gasteiger partial charge on any atom is -0.442 e. The number of nitrogens with zero attached hydrogens (tertiary/aromatic N) is 4. The van der Waals surface area contributed by atoms with Gasteiger partial charge in [0.1, 0.15) is 23.9 Å². The number of hydrogen-bond acceptors (Lipinski definition) is 9. The molecule has 14 nitrogen and oxygen atoms in total. The fourth-order valence-corrected chi connectivity index (χ4v) is 6.09. The van der Waals surface area contributed by atoms with Gasteiger partial charge in [-0.15, -0.1) is 0 Å². The Balaban J connectivity index is 1.15. The monoisotopic (exact) mass is 644 g/mol. The predicted molar refractivity (Wildman–Crippen MR) is 168 cm³/mol. The van der Waals surface area contributed by atoms with E-state index in [9.17, 15) is 19.5 Å². The fraction of sp³-hybridized carbons (Fsp3) is 0.719. The van der Waals surface area contributed by atoms with E-state index in [1.807, 2.05) is 26.0 Å². The van der Waals surface area contributed by atoms with Crippen LogP contribution in [0.25, 0.3) is 10.4 Å². The lowest BCUT2D eigenvalue weighted by atomic mass is 9.88. The summed E-state index contributed by atoms with van der Waals surface area (Å²) in [5.74, 6) is -0.621. The molecular weight excluding hydrogens is 596 g/mol. The van der Waals surface area contributed by atoms with Gasteiger partial charge in [-0.1, -0.05) is 35.8 Å². The molecular formula is C32H48N6O8. The zero-order chi connectivity index (χ0) is 33.3. The van der Waals surface area contributed by atoms with Crippen LogP contribution in [0.15, 0.2) is 41.1 Å². The first-order valence-electron chi connectivity index (χ1n) is 16.2. The van der Waals surface area contributed by atoms with Crippen molar-refractivity contribution in [2.75, 3.05) is 39.4 Å². The van der Waals surface area contributed by atoms with E-state index in [4.69, 9.17) is 24.5 Å². The van der Waals surface area contributed by atoms with E-state index in [2.05, 4.69) is 33.7 Å². The van der Waals surface area contributed by atoms with Crippen molar-refractivity contribution < 1.29 is 38.4 Å². The van der Waals surface area contributed by atoms with Crippen molar-refractivity contribution in [1.29, 1.82) is 0 Å². The number of nitrogens with one attached hydrogen (secondary N) is 2. The van der Waals surface area contributed by atoms with Crippen LogP contribution in [0.5, 0.6) is 0 Å². The van der Waals surface area contributed by atoms with Crippen molar-refractivity contribution in [3.05, 3.63) is 46.4 Å². The molecule has 1 spiro atoms. The number of rotatable bonds is 12. The number of carbonyl (C=O) groups excluding carboxylic acids is 3. The maximum absolute atomic E-state index is 12.7. The van der Waals surface area contributed by atoms with Crippen LogP contribution in [0.3, 0.4) is 0 Å². The van der Waals surface area contributed by atoms with Crippen molar-refractivity contribution in [2.45, 2.75) is 95.5 Å². The molecule has 4 aliphatic rings. The van der Waals surface area contributed by atoms with Gasteiger partial charge in [0.2, 0.25) is 11.8 Å². The molecule has 3 N–H and O–H groups in total. The first-order chi connectivity index (χ1) is 22.0. The lowest BCUT2D eigenvalue weighted by Crippen LogP contribution is -2.50. The molecule has 0 saturated carbocycles. The average molecular weight is 645 g/mol. The van der Waals surface area contributed by atoms with Crippen molar-refractivity contribution in [2.24, 2.45) is 17.0 Å². The lowest BCUT2D eigenvalue weighted by Gasteiger charge is -2.39. The topological polar surface area (TPSA) is 188 Å². The molecule has 46 heavy (non-hydrogen) atoms. The SMILES string of the molecule is CC(/C=C/C1OCC[C@@]2(CO2)[C@@H]1O)=C\C[C@@H]1O[C@H](C)[C@H](NC(=O)/C=C\[C@H](C)OC(=O)N2CC[C@@H](C(=O)NCCN=[N+]=[N-])C2)C[C@@H]1C. The molecule has 4 rings (SSSR count). The number of hydrogen-bond donors (Lipinski definition) is 3. The van der Waals surface area contributed by atoms with E-state index >= 15 is 0 Å². The maximum Gasteiger partial charge on any atom is 0.410 e. The first-order valence-corrected chi connectivity index (χ1v) is 16.2. The van der Waals surface area contributed by atoms with E-state index < -0.39 is 23.9 Å². The number of epoxide rings is 1. The van der Waals surface area contributed by atoms with E-state index in [0.29, 0.717) is 26.2 Å². The molecule has 1 unspecified atom stereocenters. The molecule has 3 amide bonds. The summed E-state index contributed by atoms with van der Waals surface area (Å²) in [4.78, 5) is 41.6. The molecule has 0 aliphatic carbocycles. The Labute approximate surface area is 270 Å². The summed E-state index contributed by atoms with van der Waals surface area (Å²) >= 11 is 0. The maximum atomic E-state index is 12.7. The summed E-state index contributed by atoms with van der Waals surface area (Å²) in [5, 5.41) is 19.6. The number of carbonyl (C=O) groups is 3. The summed E-state index contributed by atoms with van der Waals surface area (Å²) in [5.41, 5.74) is 8.95. The van der Waals surface area contributed by atoms with Crippen molar-refractivity contribution in [3.63, 3.8) is 0 Å². The molecule has 9 atom stereocenters. The summed E-state index contributed by atoms with van der Waals surface area (Å²) in [7, 11) is 0. The largest absolute Gasteiger partial charge is 0.442 e. The van der Waals surface area contributed by atoms with Gasteiger partial charge in [0.05, 0.1) is 37.4 Å². The van der Waals surface area contributed by atoms with Crippen molar-refractivity contribution >= 4 is 17.9 Å². The van der Waals surface area contributed by atoms with Gasteiger partial charge in [-0.2, -0.15) is 0 Å². The molecule has 0 aromatic rings. The molecule has 0 bridgehead atoms. The molecule has 14 heteroatoms. The molecule has 4 heterocycles. The molecule has 4 aliphatic heterocycles. The molecule has 4 fully saturated rings. The third-order valence-electron chi connectivity index (χ3n) is 9.16. The lowest BCUT2D eigenvalue weighted by molar-refractivity contribution is -0.124. The molecule has 4 saturated heterocycles. The van der Waals surface area contributed by atoms with E-state index in [0.717, 1.165) is 24.8 Å². The number of ether oxygens (including phenoxy) is 4. The number of allylic oxidation sites excluding steroid dienone is 2. The predicted octanol–water partition coefficient (Wildman–Crippen LogP) is 2.93. The number of amides is 3. The molecule has 0 aromatic carbocycles. The third-order valence-corrected chi connectivity index (χ3v) is 9.16. The van der Waals surface area contributed by atoms with E-state index in [-0.39, 0.29) is 67.6 Å². The summed E-state index contributed by atoms with van der Waals surface area (Å²) in [6.45, 7) is 9.96. The fourth-order valence-electron chi connectivity index (χ4n) is 6.09. The Morgan fingerprint density at radius 1 is 1.28 bits per heavy atom. The van der Waals surface area contributed by atoms with Gasteiger partial charge < -0.3 is 39.6 Å². The van der Waals surface area contributed by atoms with Gasteiger partial charge in [0.25, 0.3) is 0 Å². The summed E-state index contributed by atoms with van der Waals surface area (Å²) in [6.07, 6.45) is 9.23. The number of azide groups is 1. The van der Waals surface area contributed by atoms with Gasteiger partial charge in [-0.3, -0.25) is 9.59 Å². The second-order valence-corrected chi connectivity index (χ2v) is 12.8. The van der Waals surface area contributed by atoms with Crippen LogP contribution < -0.4 is 10.6 Å². The normalized spacial score (nSPS) is 33.5. The number of likely N-dealkylation sites (tertiary alicyclic amines) is 1. The Morgan fingerprint density at radius 3 is 2.80 bits per heavy atom. The third kappa shape index (κ3) is 9.79. The highest BCUT2D eigenvalue weighted by atomic mass is 16.6. The van der Waals surface area contributed by atoms with Crippen LogP contribution in [-0.2, 0) is 28.5 Å². The quantitative estimate of drug-likeness (QED) is 0.0550. The van der Waals surface area contributed by atoms with Crippen LogP contribution >= 0.6 is 0 Å². The van der Waals surface area contributed by atoms with Crippen LogP contribution in [0.1, 0.15) is 53.4 Å². The first kappa shape index (κ1) is 35.4. The van der Waals surface area contributed by atoms with Gasteiger partial charge in [-0.05, 0) is 57.6 Å². The average Bonchev–Trinajstić information content (AvgIpc) is 3.62. The zero-order valence-corrected chi connectivity index (χ0v) is 27.2. The highest BCUT2D eigenvalue weighted by Gasteiger charge is 2.55. The van der Waals surface area contributed by atoms with Crippen LogP contribution in [-0.4, -0.2) is 109 Å². The standard InChI is InChI=1S/C32H48N6O8/c1-20(6-9-27-29(40)32(19-44-32)12-16-43-27)5-8-26-21(2)17-25(23(4)46-26)36-28(39)10-7-22(3)45-31(42)38-15-11-24(18-38)30(41)34-13-14-35-37-33/h5-7,9-10,21-27,29,40H,8,11-19H2,1-4H3,(H,34,41)(H,36,39)/b9-6+,10-7-,20-5+/t21-,22-,23+,24+,25+,26-,27?,29+,32+/m0/s1. The number of aliphatic hydroxyl groups excluding tert-OH is 1. The number of aliphatic hydroxyl groups is 1. The summed E-state index contributed by atoms with van der Waals surface area (Å²) in [6, 6.07) is -0.160. The minimum absolute atomic E-state index is 0.00937. The summed E-state index contributed by atoms with van der Waals surface area (Å²) < 4.78 is 23.0. The Hall–Kier alpha value is -3.42. The molecule has 0 radical (unpaired) electrons. The smallest absolute Gasteiger partial charge is 0.410 e. The Morgan fingerprint density at radius 2 is 2.07 bits per heavy atom. The van der Waals surface area contributed by atoms with E-state index in [1.54, 1.807) is 6.92 Å². The van der Waals surface area contributed by atoms with Gasteiger partial charge in [0.15, 0.2) is 0 Å². The highest BCUT2D eigenvalue weighted by molar-refractivity contribution is 5.88. The molecule has 0 aromatic heterocycles. The van der Waals surface area contributed by atoms with Crippen LogP contribution in [0, 0.1) is 11.8 Å². The van der Waals surface area contributed by atoms with Crippen LogP contribution in [0.4, 0.5) is 4.79 Å². The molecule has 254 valence electrons. The second-order valence-electron chi connectivity index (χ2n) is 12.8. The van der Waals surface area contributed by atoms with Crippen molar-refractivity contribution in [3.8, 4) is 0 Å². The van der Waals surface area contributed by atoms with Gasteiger partial charge >= 0.3 is 6.09 Å². The zero-order valence-electron chi connectivity index (χ0n) is 27.2. The Bertz CT molecular complexity index is 1230. The van der Waals surface area contributed by atoms with Gasteiger partial charge in [0, 0.05) is 43.6 Å². The van der Waals surface area contributed by atoms with Crippen molar-refractivity contribution in [1.82, 2.24) is 15.5 Å². The van der Waals surface area contributed by atoms with Crippen LogP contribution in [0.2, 0.25) is 0 Å². The highest BCUT2D eigenvalue weighted by Crippen LogP contribution is 2.40. The Kier molecular flexibility index (Phi) is 12.6. The van der Waals surface area contributed by atoms with E-state index in [1.165, 1.54) is 17.1 Å². The minimum atomic E-state index is -0.651. The van der Waals surface area contributed by atoms with Gasteiger partial charge in [-0.25, -0.2) is 4.79 Å².